The van der Waals surface area contributed by atoms with Crippen molar-refractivity contribution in [2.75, 3.05) is 13.2 Å². The molecule has 5 heteroatoms. The van der Waals surface area contributed by atoms with Crippen LogP contribution >= 0.6 is 0 Å². The van der Waals surface area contributed by atoms with Crippen molar-refractivity contribution >= 4 is 0 Å². The molecule has 1 aliphatic rings. The second-order valence-corrected chi connectivity index (χ2v) is 6.75. The van der Waals surface area contributed by atoms with Crippen LogP contribution in [0.4, 0.5) is 4.39 Å². The minimum absolute atomic E-state index is 0.0192. The Labute approximate surface area is 154 Å². The van der Waals surface area contributed by atoms with Crippen molar-refractivity contribution in [3.8, 4) is 5.75 Å². The summed E-state index contributed by atoms with van der Waals surface area (Å²) in [5.74, 6) is 0.170. The third-order valence-corrected chi connectivity index (χ3v) is 4.25. The lowest BCUT2D eigenvalue weighted by Crippen LogP contribution is -2.43. The first-order valence-electron chi connectivity index (χ1n) is 9.05. The number of morpholine rings is 1. The highest BCUT2D eigenvalue weighted by Gasteiger charge is 2.29. The predicted octanol–water partition coefficient (Wildman–Crippen LogP) is 4.38. The number of nitrogens with one attached hydrogen (secondary N) is 1. The summed E-state index contributed by atoms with van der Waals surface area (Å²) in [6.07, 6.45) is -0.801. The van der Waals surface area contributed by atoms with Gasteiger partial charge in [-0.05, 0) is 44.0 Å². The van der Waals surface area contributed by atoms with Gasteiger partial charge in [0.25, 0.3) is 0 Å². The fraction of sp³-hybridized carbons (Fsp3) is 0.429. The number of hydrogen-bond donors (Lipinski definition) is 1. The second kappa shape index (κ2) is 8.62. The van der Waals surface area contributed by atoms with Crippen molar-refractivity contribution < 1.29 is 18.6 Å². The van der Waals surface area contributed by atoms with Crippen LogP contribution in [0.3, 0.4) is 0 Å². The molecule has 4 nitrogen and oxygen atoms in total. The van der Waals surface area contributed by atoms with Gasteiger partial charge in [0.2, 0.25) is 0 Å². The van der Waals surface area contributed by atoms with Crippen LogP contribution in [-0.4, -0.2) is 25.5 Å². The lowest BCUT2D eigenvalue weighted by atomic mass is 10.0. The van der Waals surface area contributed by atoms with Gasteiger partial charge in [-0.3, -0.25) is 0 Å². The van der Waals surface area contributed by atoms with Crippen LogP contribution in [0.15, 0.2) is 48.5 Å². The molecule has 3 atom stereocenters. The Balaban J connectivity index is 1.75. The van der Waals surface area contributed by atoms with Crippen molar-refractivity contribution in [3.05, 3.63) is 65.5 Å². The Morgan fingerprint density at radius 2 is 1.88 bits per heavy atom. The van der Waals surface area contributed by atoms with Gasteiger partial charge >= 0.3 is 0 Å². The predicted molar refractivity (Wildman–Crippen MR) is 98.6 cm³/mol. The van der Waals surface area contributed by atoms with Gasteiger partial charge in [-0.25, -0.2) is 4.39 Å². The molecule has 0 amide bonds. The van der Waals surface area contributed by atoms with Crippen molar-refractivity contribution in [1.82, 2.24) is 5.32 Å². The van der Waals surface area contributed by atoms with Crippen LogP contribution in [0.2, 0.25) is 0 Å². The molecule has 1 N–H and O–H groups in total. The highest BCUT2D eigenvalue weighted by atomic mass is 19.1. The Morgan fingerprint density at radius 1 is 1.12 bits per heavy atom. The average molecular weight is 359 g/mol. The van der Waals surface area contributed by atoms with Gasteiger partial charge in [0, 0.05) is 12.6 Å². The first-order chi connectivity index (χ1) is 12.5. The minimum atomic E-state index is -0.445. The summed E-state index contributed by atoms with van der Waals surface area (Å²) in [5, 5.41) is 3.44. The van der Waals surface area contributed by atoms with E-state index in [4.69, 9.17) is 14.2 Å². The molecule has 1 saturated heterocycles. The SMILES string of the molecule is CC(C)Oc1cc(F)cc([C@@H](C)O[C@H]2OCCN[C@H]2c2ccccc2)c1. The molecule has 2 aromatic carbocycles. The van der Waals surface area contributed by atoms with E-state index in [2.05, 4.69) is 5.32 Å². The molecule has 0 saturated carbocycles. The van der Waals surface area contributed by atoms with Crippen LogP contribution in [0.25, 0.3) is 0 Å². The Hall–Kier alpha value is -1.95. The number of benzene rings is 2. The Morgan fingerprint density at radius 3 is 2.62 bits per heavy atom. The summed E-state index contributed by atoms with van der Waals surface area (Å²) in [5.41, 5.74) is 1.83. The van der Waals surface area contributed by atoms with Gasteiger partial charge in [-0.15, -0.1) is 0 Å². The Kier molecular flexibility index (Phi) is 6.25. The molecule has 0 bridgehead atoms. The molecule has 0 unspecified atom stereocenters. The maximum Gasteiger partial charge on any atom is 0.177 e. The fourth-order valence-electron chi connectivity index (χ4n) is 3.07. The zero-order valence-electron chi connectivity index (χ0n) is 15.4. The third-order valence-electron chi connectivity index (χ3n) is 4.25. The average Bonchev–Trinajstić information content (AvgIpc) is 2.62. The molecule has 3 rings (SSSR count). The van der Waals surface area contributed by atoms with E-state index in [0.717, 1.165) is 17.7 Å². The van der Waals surface area contributed by atoms with E-state index in [-0.39, 0.29) is 24.1 Å². The van der Waals surface area contributed by atoms with Crippen LogP contribution < -0.4 is 10.1 Å². The summed E-state index contributed by atoms with van der Waals surface area (Å²) in [6.45, 7) is 7.06. The molecule has 1 fully saturated rings. The molecule has 0 spiro atoms. The Bertz CT molecular complexity index is 708. The summed E-state index contributed by atoms with van der Waals surface area (Å²) >= 11 is 0. The maximum atomic E-state index is 14.0. The second-order valence-electron chi connectivity index (χ2n) is 6.75. The molecule has 0 radical (unpaired) electrons. The first kappa shape index (κ1) is 18.8. The third kappa shape index (κ3) is 4.81. The van der Waals surface area contributed by atoms with Gasteiger partial charge in [-0.1, -0.05) is 30.3 Å². The van der Waals surface area contributed by atoms with Crippen molar-refractivity contribution in [3.63, 3.8) is 0 Å². The summed E-state index contributed by atoms with van der Waals surface area (Å²) in [7, 11) is 0. The largest absolute Gasteiger partial charge is 0.491 e. The van der Waals surface area contributed by atoms with E-state index in [1.165, 1.54) is 12.1 Å². The minimum Gasteiger partial charge on any atom is -0.491 e. The summed E-state index contributed by atoms with van der Waals surface area (Å²) in [4.78, 5) is 0. The maximum absolute atomic E-state index is 14.0. The van der Waals surface area contributed by atoms with E-state index < -0.39 is 6.29 Å². The molecular formula is C21H26FNO3. The van der Waals surface area contributed by atoms with E-state index >= 15 is 0 Å². The monoisotopic (exact) mass is 359 g/mol. The molecule has 1 heterocycles. The molecule has 140 valence electrons. The number of hydrogen-bond acceptors (Lipinski definition) is 4. The van der Waals surface area contributed by atoms with Crippen LogP contribution in [0.5, 0.6) is 5.75 Å². The molecule has 2 aromatic rings. The van der Waals surface area contributed by atoms with Crippen LogP contribution in [0.1, 0.15) is 44.0 Å². The van der Waals surface area contributed by atoms with Gasteiger partial charge in [0.15, 0.2) is 6.29 Å². The quantitative estimate of drug-likeness (QED) is 0.831. The lowest BCUT2D eigenvalue weighted by Gasteiger charge is -2.34. The number of halogens is 1. The standard InChI is InChI=1S/C21H26FNO3/c1-14(2)25-19-12-17(11-18(22)13-19)15(3)26-21-20(23-9-10-24-21)16-7-5-4-6-8-16/h4-8,11-15,20-21,23H,9-10H2,1-3H3/t15-,20+,21-/m1/s1. The molecule has 26 heavy (non-hydrogen) atoms. The molecule has 0 aromatic heterocycles. The fourth-order valence-corrected chi connectivity index (χ4v) is 3.07. The zero-order chi connectivity index (χ0) is 18.5. The van der Waals surface area contributed by atoms with Gasteiger partial charge < -0.3 is 19.5 Å². The topological polar surface area (TPSA) is 39.7 Å². The van der Waals surface area contributed by atoms with Gasteiger partial charge in [0.1, 0.15) is 11.6 Å². The molecular weight excluding hydrogens is 333 g/mol. The van der Waals surface area contributed by atoms with E-state index in [0.29, 0.717) is 12.4 Å². The first-order valence-corrected chi connectivity index (χ1v) is 9.05. The highest BCUT2D eigenvalue weighted by Crippen LogP contribution is 2.30. The van der Waals surface area contributed by atoms with Gasteiger partial charge in [0.05, 0.1) is 24.9 Å². The zero-order valence-corrected chi connectivity index (χ0v) is 15.4. The van der Waals surface area contributed by atoms with Crippen LogP contribution in [0, 0.1) is 5.82 Å². The smallest absolute Gasteiger partial charge is 0.177 e. The highest BCUT2D eigenvalue weighted by molar-refractivity contribution is 5.31. The van der Waals surface area contributed by atoms with Crippen molar-refractivity contribution in [2.45, 2.75) is 45.3 Å². The summed E-state index contributed by atoms with van der Waals surface area (Å²) < 4.78 is 31.6. The van der Waals surface area contributed by atoms with Crippen molar-refractivity contribution in [1.29, 1.82) is 0 Å². The number of rotatable bonds is 6. The number of ether oxygens (including phenoxy) is 3. The molecule has 1 aliphatic heterocycles. The van der Waals surface area contributed by atoms with E-state index in [1.807, 2.05) is 57.2 Å². The van der Waals surface area contributed by atoms with E-state index in [1.54, 1.807) is 0 Å². The van der Waals surface area contributed by atoms with Gasteiger partial charge in [-0.2, -0.15) is 0 Å². The summed E-state index contributed by atoms with van der Waals surface area (Å²) in [6, 6.07) is 14.7. The van der Waals surface area contributed by atoms with Crippen LogP contribution in [-0.2, 0) is 9.47 Å². The van der Waals surface area contributed by atoms with E-state index in [9.17, 15) is 4.39 Å². The molecule has 0 aliphatic carbocycles. The normalized spacial score (nSPS) is 21.6. The van der Waals surface area contributed by atoms with Crippen molar-refractivity contribution in [2.24, 2.45) is 0 Å². The lowest BCUT2D eigenvalue weighted by molar-refractivity contribution is -0.200.